The summed E-state index contributed by atoms with van der Waals surface area (Å²) in [6.07, 6.45) is 4.72. The number of aryl methyl sites for hydroxylation is 1. The first-order valence-electron chi connectivity index (χ1n) is 5.97. The lowest BCUT2D eigenvalue weighted by Crippen LogP contribution is -2.06. The molecule has 0 atom stereocenters. The fourth-order valence-electron chi connectivity index (χ4n) is 1.89. The summed E-state index contributed by atoms with van der Waals surface area (Å²) >= 11 is 0. The van der Waals surface area contributed by atoms with Gasteiger partial charge in [0.15, 0.2) is 0 Å². The summed E-state index contributed by atoms with van der Waals surface area (Å²) in [5.74, 6) is 0.319. The van der Waals surface area contributed by atoms with Crippen LogP contribution in [0.25, 0.3) is 10.9 Å². The molecular weight excluding hydrogens is 256 g/mol. The maximum atomic E-state index is 11.7. The number of H-pyrrole nitrogens is 1. The van der Waals surface area contributed by atoms with Gasteiger partial charge in [0.1, 0.15) is 0 Å². The number of nitrogens with zero attached hydrogens (tertiary/aromatic N) is 4. The smallest absolute Gasteiger partial charge is 0.258 e. The summed E-state index contributed by atoms with van der Waals surface area (Å²) in [5, 5.41) is 4.72. The molecule has 0 radical (unpaired) electrons. The summed E-state index contributed by atoms with van der Waals surface area (Å²) in [6.45, 7) is 1.84. The van der Waals surface area contributed by atoms with E-state index in [9.17, 15) is 4.79 Å². The van der Waals surface area contributed by atoms with Gasteiger partial charge in [-0.1, -0.05) is 6.07 Å². The largest absolute Gasteiger partial charge is 0.368 e. The molecule has 0 unspecified atom stereocenters. The molecule has 2 aromatic heterocycles. The highest BCUT2D eigenvalue weighted by molar-refractivity contribution is 5.88. The Kier molecular flexibility index (Phi) is 2.79. The first-order chi connectivity index (χ1) is 9.63. The Balaban J connectivity index is 2.01. The quantitative estimate of drug-likeness (QED) is 0.674. The lowest BCUT2D eigenvalue weighted by Gasteiger charge is -1.98. The molecule has 0 saturated heterocycles. The summed E-state index contributed by atoms with van der Waals surface area (Å²) in [7, 11) is 0. The molecule has 100 valence electrons. The maximum Gasteiger partial charge on any atom is 0.258 e. The van der Waals surface area contributed by atoms with E-state index in [1.54, 1.807) is 24.5 Å². The Bertz CT molecular complexity index is 861. The van der Waals surface area contributed by atoms with Crippen molar-refractivity contribution in [1.29, 1.82) is 0 Å². The Morgan fingerprint density at radius 1 is 1.45 bits per heavy atom. The van der Waals surface area contributed by atoms with Gasteiger partial charge in [-0.2, -0.15) is 5.10 Å². The van der Waals surface area contributed by atoms with Gasteiger partial charge < -0.3 is 10.7 Å². The van der Waals surface area contributed by atoms with E-state index in [1.807, 2.05) is 13.0 Å². The molecule has 0 aliphatic heterocycles. The molecule has 3 N–H and O–H groups in total. The van der Waals surface area contributed by atoms with E-state index in [1.165, 1.54) is 11.0 Å². The average Bonchev–Trinajstić information content (AvgIpc) is 2.75. The Hall–Kier alpha value is -2.96. The van der Waals surface area contributed by atoms with Crippen molar-refractivity contribution in [3.05, 3.63) is 52.3 Å². The van der Waals surface area contributed by atoms with Gasteiger partial charge in [0, 0.05) is 0 Å². The second kappa shape index (κ2) is 4.61. The number of hydrogen-bond acceptors (Lipinski definition) is 5. The summed E-state index contributed by atoms with van der Waals surface area (Å²) < 4.78 is 1.48. The molecule has 0 amide bonds. The van der Waals surface area contributed by atoms with Crippen LogP contribution >= 0.6 is 0 Å². The maximum absolute atomic E-state index is 11.7. The van der Waals surface area contributed by atoms with Crippen molar-refractivity contribution in [3.63, 3.8) is 0 Å². The van der Waals surface area contributed by atoms with E-state index < -0.39 is 0 Å². The summed E-state index contributed by atoms with van der Waals surface area (Å²) in [5.41, 5.74) is 7.73. The fraction of sp³-hybridized carbons (Fsp3) is 0.0769. The molecule has 20 heavy (non-hydrogen) atoms. The first-order valence-corrected chi connectivity index (χ1v) is 5.97. The molecule has 0 saturated carbocycles. The number of benzene rings is 1. The average molecular weight is 268 g/mol. The Labute approximate surface area is 113 Å². The summed E-state index contributed by atoms with van der Waals surface area (Å²) in [6, 6.07) is 5.33. The van der Waals surface area contributed by atoms with Crippen molar-refractivity contribution in [2.75, 3.05) is 5.73 Å². The van der Waals surface area contributed by atoms with Gasteiger partial charge >= 0.3 is 0 Å². The lowest BCUT2D eigenvalue weighted by atomic mass is 10.1. The van der Waals surface area contributed by atoms with Gasteiger partial charge in [0.2, 0.25) is 5.95 Å². The fourth-order valence-corrected chi connectivity index (χ4v) is 1.89. The van der Waals surface area contributed by atoms with Crippen LogP contribution in [0.2, 0.25) is 0 Å². The second-order valence-electron chi connectivity index (χ2n) is 4.34. The van der Waals surface area contributed by atoms with Crippen LogP contribution in [0, 0.1) is 6.92 Å². The van der Waals surface area contributed by atoms with Crippen LogP contribution in [-0.2, 0) is 0 Å². The zero-order valence-corrected chi connectivity index (χ0v) is 10.7. The molecule has 0 bridgehead atoms. The monoisotopic (exact) mass is 268 g/mol. The highest BCUT2D eigenvalue weighted by Gasteiger charge is 2.01. The van der Waals surface area contributed by atoms with Gasteiger partial charge in [0.25, 0.3) is 5.56 Å². The van der Waals surface area contributed by atoms with E-state index in [2.05, 4.69) is 20.1 Å². The van der Waals surface area contributed by atoms with Crippen molar-refractivity contribution < 1.29 is 0 Å². The number of hydrogen-bond donors (Lipinski definition) is 2. The molecule has 2 heterocycles. The molecule has 0 fully saturated rings. The first kappa shape index (κ1) is 12.1. The molecule has 1 aromatic carbocycles. The van der Waals surface area contributed by atoms with E-state index in [4.69, 9.17) is 5.73 Å². The molecule has 7 nitrogen and oxygen atoms in total. The van der Waals surface area contributed by atoms with Gasteiger partial charge in [-0.15, -0.1) is 0 Å². The van der Waals surface area contributed by atoms with E-state index in [-0.39, 0.29) is 5.56 Å². The highest BCUT2D eigenvalue weighted by atomic mass is 16.1. The Morgan fingerprint density at radius 3 is 3.05 bits per heavy atom. The van der Waals surface area contributed by atoms with Crippen LogP contribution in [0.5, 0.6) is 0 Å². The predicted octanol–water partition coefficient (Wildman–Crippen LogP) is 0.892. The number of rotatable bonds is 2. The lowest BCUT2D eigenvalue weighted by molar-refractivity contribution is 0.897. The van der Waals surface area contributed by atoms with Gasteiger partial charge in [-0.3, -0.25) is 4.79 Å². The van der Waals surface area contributed by atoms with Crippen molar-refractivity contribution in [1.82, 2.24) is 19.6 Å². The third-order valence-electron chi connectivity index (χ3n) is 2.83. The predicted molar refractivity (Wildman–Crippen MR) is 76.7 cm³/mol. The molecule has 0 aliphatic carbocycles. The normalized spacial score (nSPS) is 11.4. The van der Waals surface area contributed by atoms with Crippen molar-refractivity contribution in [3.8, 4) is 0 Å². The highest BCUT2D eigenvalue weighted by Crippen LogP contribution is 2.08. The SMILES string of the molecule is Cc1cn(N=Cc2ccc3nc[nH]c(=O)c3c2)c(N)n1. The van der Waals surface area contributed by atoms with Crippen LogP contribution in [0.4, 0.5) is 5.95 Å². The van der Waals surface area contributed by atoms with E-state index in [0.717, 1.165) is 11.3 Å². The van der Waals surface area contributed by atoms with Crippen molar-refractivity contribution in [2.24, 2.45) is 5.10 Å². The van der Waals surface area contributed by atoms with E-state index in [0.29, 0.717) is 16.9 Å². The van der Waals surface area contributed by atoms with Gasteiger partial charge in [-0.05, 0) is 24.6 Å². The van der Waals surface area contributed by atoms with Crippen LogP contribution < -0.4 is 11.3 Å². The number of anilines is 1. The molecule has 0 spiro atoms. The number of nitrogens with two attached hydrogens (primary N) is 1. The molecule has 3 rings (SSSR count). The van der Waals surface area contributed by atoms with Crippen molar-refractivity contribution in [2.45, 2.75) is 6.92 Å². The third-order valence-corrected chi connectivity index (χ3v) is 2.83. The van der Waals surface area contributed by atoms with Crippen LogP contribution in [0.15, 0.2) is 40.6 Å². The number of aromatic amines is 1. The van der Waals surface area contributed by atoms with Crippen LogP contribution in [-0.4, -0.2) is 25.8 Å². The van der Waals surface area contributed by atoms with Gasteiger partial charge in [0.05, 0.1) is 35.3 Å². The zero-order chi connectivity index (χ0) is 14.1. The minimum absolute atomic E-state index is 0.178. The summed E-state index contributed by atoms with van der Waals surface area (Å²) in [4.78, 5) is 22.4. The third kappa shape index (κ3) is 2.16. The van der Waals surface area contributed by atoms with Crippen LogP contribution in [0.3, 0.4) is 0 Å². The number of nitrogens with one attached hydrogen (secondary N) is 1. The topological polar surface area (TPSA) is 102 Å². The minimum atomic E-state index is -0.178. The number of imidazole rings is 1. The number of fused-ring (bicyclic) bond motifs is 1. The van der Waals surface area contributed by atoms with Crippen LogP contribution in [0.1, 0.15) is 11.3 Å². The molecule has 3 aromatic rings. The standard InChI is InChI=1S/C13H12N6O/c1-8-6-19(13(14)18-8)17-5-9-2-3-11-10(4-9)12(20)16-7-15-11/h2-7H,1H3,(H2,14,18)(H,15,16,20). The second-order valence-corrected chi connectivity index (χ2v) is 4.34. The molecule has 0 aliphatic rings. The number of aromatic nitrogens is 4. The van der Waals surface area contributed by atoms with Crippen molar-refractivity contribution >= 4 is 23.1 Å². The van der Waals surface area contributed by atoms with Gasteiger partial charge in [-0.25, -0.2) is 14.6 Å². The zero-order valence-electron chi connectivity index (χ0n) is 10.7. The molecular formula is C13H12N6O. The number of nitrogen functional groups attached to an aromatic ring is 1. The minimum Gasteiger partial charge on any atom is -0.368 e. The molecule has 7 heteroatoms. The Morgan fingerprint density at radius 2 is 2.30 bits per heavy atom. The van der Waals surface area contributed by atoms with E-state index >= 15 is 0 Å².